The number of hydrogen-bond acceptors (Lipinski definition) is 4. The van der Waals surface area contributed by atoms with Crippen LogP contribution in [-0.2, 0) is 16.1 Å². The second-order valence-corrected chi connectivity index (χ2v) is 8.29. The number of anilines is 1. The molecule has 0 saturated carbocycles. The molecule has 2 aliphatic rings. The van der Waals surface area contributed by atoms with Gasteiger partial charge >= 0.3 is 0 Å². The van der Waals surface area contributed by atoms with Crippen LogP contribution < -0.4 is 15.4 Å². The maximum Gasteiger partial charge on any atom is 0.270 e. The number of H-pyrrole nitrogens is 1. The van der Waals surface area contributed by atoms with Crippen molar-refractivity contribution in [1.82, 2.24) is 15.2 Å². The normalized spacial score (nSPS) is 20.4. The van der Waals surface area contributed by atoms with Crippen molar-refractivity contribution in [3.05, 3.63) is 46.8 Å². The van der Waals surface area contributed by atoms with Crippen molar-refractivity contribution in [3.63, 3.8) is 0 Å². The molecule has 8 nitrogen and oxygen atoms in total. The van der Waals surface area contributed by atoms with Gasteiger partial charge in [0.15, 0.2) is 6.10 Å². The zero-order valence-corrected chi connectivity index (χ0v) is 17.5. The van der Waals surface area contributed by atoms with Crippen molar-refractivity contribution in [3.8, 4) is 5.75 Å². The van der Waals surface area contributed by atoms with Gasteiger partial charge in [0.2, 0.25) is 5.91 Å². The molecule has 8 heteroatoms. The van der Waals surface area contributed by atoms with Crippen LogP contribution in [0.15, 0.2) is 24.4 Å². The van der Waals surface area contributed by atoms with Crippen molar-refractivity contribution in [1.29, 1.82) is 0 Å². The van der Waals surface area contributed by atoms with Crippen molar-refractivity contribution >= 4 is 23.4 Å². The molecule has 0 bridgehead atoms. The molecule has 1 aromatic heterocycles. The Kier molecular flexibility index (Phi) is 5.01. The highest BCUT2D eigenvalue weighted by Gasteiger charge is 2.37. The molecule has 0 radical (unpaired) electrons. The van der Waals surface area contributed by atoms with E-state index in [2.05, 4.69) is 15.6 Å². The molecule has 2 unspecified atom stereocenters. The van der Waals surface area contributed by atoms with E-state index in [1.165, 1.54) is 6.92 Å². The smallest absolute Gasteiger partial charge is 0.270 e. The Balaban J connectivity index is 1.84. The highest BCUT2D eigenvalue weighted by atomic mass is 16.5. The van der Waals surface area contributed by atoms with Crippen LogP contribution in [0.5, 0.6) is 5.75 Å². The Bertz CT molecular complexity index is 1030. The Morgan fingerprint density at radius 1 is 1.30 bits per heavy atom. The number of hydrogen-bond donors (Lipinski definition) is 3. The zero-order chi connectivity index (χ0) is 21.6. The minimum atomic E-state index is -0.592. The number of nitrogens with one attached hydrogen (secondary N) is 3. The van der Waals surface area contributed by atoms with Crippen LogP contribution in [0.1, 0.15) is 53.9 Å². The molecule has 1 aromatic carbocycles. The number of fused-ring (bicyclic) bond motifs is 2. The standard InChI is InChI=1S/C22H26N4O4/c1-11(2)19-21(28)25-17-8-13(9-24-12(3)27)7-15(20(17)30-19)16-10-26(4)22(29)18-14(16)5-6-23-18/h5-8,11,16,19,23H,9-10H2,1-4H3,(H,24,27)(H,25,28). The third kappa shape index (κ3) is 3.42. The zero-order valence-electron chi connectivity index (χ0n) is 17.5. The number of aromatic amines is 1. The molecule has 0 saturated heterocycles. The van der Waals surface area contributed by atoms with E-state index >= 15 is 0 Å². The fraction of sp³-hybridized carbons (Fsp3) is 0.409. The molecule has 3 amide bonds. The van der Waals surface area contributed by atoms with E-state index in [1.807, 2.05) is 32.0 Å². The van der Waals surface area contributed by atoms with Gasteiger partial charge in [-0.25, -0.2) is 0 Å². The predicted octanol–water partition coefficient (Wildman–Crippen LogP) is 2.22. The van der Waals surface area contributed by atoms with Crippen molar-refractivity contribution in [2.24, 2.45) is 5.92 Å². The van der Waals surface area contributed by atoms with E-state index in [4.69, 9.17) is 4.74 Å². The molecular weight excluding hydrogens is 384 g/mol. The maximum absolute atomic E-state index is 12.6. The highest BCUT2D eigenvalue weighted by molar-refractivity contribution is 5.99. The first kappa shape index (κ1) is 20.0. The summed E-state index contributed by atoms with van der Waals surface area (Å²) >= 11 is 0. The van der Waals surface area contributed by atoms with Gasteiger partial charge in [-0.3, -0.25) is 14.4 Å². The Morgan fingerprint density at radius 3 is 2.77 bits per heavy atom. The van der Waals surface area contributed by atoms with Crippen LogP contribution in [0.4, 0.5) is 5.69 Å². The van der Waals surface area contributed by atoms with E-state index in [0.29, 0.717) is 30.2 Å². The molecule has 158 valence electrons. The van der Waals surface area contributed by atoms with Gasteiger partial charge in [-0.15, -0.1) is 0 Å². The predicted molar refractivity (Wildman–Crippen MR) is 111 cm³/mol. The van der Waals surface area contributed by atoms with Crippen molar-refractivity contribution in [2.75, 3.05) is 18.9 Å². The lowest BCUT2D eigenvalue weighted by Gasteiger charge is -2.35. The second kappa shape index (κ2) is 7.51. The molecule has 2 aromatic rings. The number of nitrogens with zero attached hydrogens (tertiary/aromatic N) is 1. The largest absolute Gasteiger partial charge is 0.478 e. The molecule has 3 heterocycles. The second-order valence-electron chi connectivity index (χ2n) is 8.29. The van der Waals surface area contributed by atoms with Crippen LogP contribution in [-0.4, -0.2) is 47.3 Å². The number of rotatable bonds is 4. The Morgan fingerprint density at radius 2 is 2.07 bits per heavy atom. The maximum atomic E-state index is 12.6. The van der Waals surface area contributed by atoms with E-state index in [-0.39, 0.29) is 29.6 Å². The van der Waals surface area contributed by atoms with Crippen LogP contribution in [0, 0.1) is 5.92 Å². The van der Waals surface area contributed by atoms with Gasteiger partial charge in [-0.05, 0) is 35.2 Å². The summed E-state index contributed by atoms with van der Waals surface area (Å²) in [5, 5.41) is 5.78. The number of aromatic nitrogens is 1. The monoisotopic (exact) mass is 410 g/mol. The van der Waals surface area contributed by atoms with E-state index in [0.717, 1.165) is 16.7 Å². The van der Waals surface area contributed by atoms with Gasteiger partial charge in [0.05, 0.1) is 5.69 Å². The van der Waals surface area contributed by atoms with Gasteiger partial charge in [-0.2, -0.15) is 0 Å². The van der Waals surface area contributed by atoms with Crippen LogP contribution in [0.3, 0.4) is 0 Å². The van der Waals surface area contributed by atoms with Crippen LogP contribution in [0.25, 0.3) is 0 Å². The lowest BCUT2D eigenvalue weighted by molar-refractivity contribution is -0.125. The molecule has 0 aliphatic carbocycles. The average Bonchev–Trinajstić information content (AvgIpc) is 3.18. The first-order valence-electron chi connectivity index (χ1n) is 10.1. The lowest BCUT2D eigenvalue weighted by atomic mass is 9.85. The minimum Gasteiger partial charge on any atom is -0.478 e. The summed E-state index contributed by atoms with van der Waals surface area (Å²) in [6, 6.07) is 5.74. The van der Waals surface area contributed by atoms with Gasteiger partial charge in [0, 0.05) is 44.7 Å². The summed E-state index contributed by atoms with van der Waals surface area (Å²) in [6.07, 6.45) is 1.17. The third-order valence-electron chi connectivity index (χ3n) is 5.63. The van der Waals surface area contributed by atoms with Crippen molar-refractivity contribution < 1.29 is 19.1 Å². The quantitative estimate of drug-likeness (QED) is 0.719. The Hall–Kier alpha value is -3.29. The third-order valence-corrected chi connectivity index (χ3v) is 5.63. The van der Waals surface area contributed by atoms with E-state index in [1.54, 1.807) is 18.1 Å². The molecule has 0 spiro atoms. The summed E-state index contributed by atoms with van der Waals surface area (Å²) in [6.45, 7) is 6.17. The number of carbonyl (C=O) groups excluding carboxylic acids is 3. The fourth-order valence-corrected chi connectivity index (χ4v) is 4.12. The molecule has 2 atom stereocenters. The van der Waals surface area contributed by atoms with Crippen molar-refractivity contribution in [2.45, 2.75) is 39.3 Å². The summed E-state index contributed by atoms with van der Waals surface area (Å²) in [4.78, 5) is 41.2. The number of amides is 3. The summed E-state index contributed by atoms with van der Waals surface area (Å²) < 4.78 is 6.21. The Labute approximate surface area is 175 Å². The highest BCUT2D eigenvalue weighted by Crippen LogP contribution is 2.44. The SMILES string of the molecule is CC(=O)NCc1cc2c(c(C3CN(C)C(=O)c4[nH]ccc43)c1)OC(C(C)C)C(=O)N2. The van der Waals surface area contributed by atoms with Gasteiger partial charge in [-0.1, -0.05) is 13.8 Å². The molecule has 30 heavy (non-hydrogen) atoms. The molecule has 0 fully saturated rings. The number of carbonyl (C=O) groups is 3. The van der Waals surface area contributed by atoms with Gasteiger partial charge in [0.25, 0.3) is 11.8 Å². The molecular formula is C22H26N4O4. The van der Waals surface area contributed by atoms with E-state index < -0.39 is 6.10 Å². The first-order valence-corrected chi connectivity index (χ1v) is 10.1. The summed E-state index contributed by atoms with van der Waals surface area (Å²) in [7, 11) is 1.77. The van der Waals surface area contributed by atoms with E-state index in [9.17, 15) is 14.4 Å². The average molecular weight is 410 g/mol. The fourth-order valence-electron chi connectivity index (χ4n) is 4.12. The number of benzene rings is 1. The molecule has 2 aliphatic heterocycles. The molecule has 3 N–H and O–H groups in total. The topological polar surface area (TPSA) is 104 Å². The van der Waals surface area contributed by atoms with Gasteiger partial charge < -0.3 is 25.3 Å². The lowest BCUT2D eigenvalue weighted by Crippen LogP contribution is -2.42. The number of ether oxygens (including phenoxy) is 1. The summed E-state index contributed by atoms with van der Waals surface area (Å²) in [5.41, 5.74) is 3.79. The first-order chi connectivity index (χ1) is 14.3. The van der Waals surface area contributed by atoms with Crippen LogP contribution >= 0.6 is 0 Å². The number of likely N-dealkylation sites (N-methyl/N-ethyl adjacent to an activating group) is 1. The van der Waals surface area contributed by atoms with Crippen LogP contribution in [0.2, 0.25) is 0 Å². The molecule has 4 rings (SSSR count). The minimum absolute atomic E-state index is 0.00322. The summed E-state index contributed by atoms with van der Waals surface area (Å²) in [5.74, 6) is 0.138. The van der Waals surface area contributed by atoms with Gasteiger partial charge in [0.1, 0.15) is 11.4 Å².